The zero-order valence-electron chi connectivity index (χ0n) is 36.5. The van der Waals surface area contributed by atoms with E-state index >= 15 is 0 Å². The monoisotopic (exact) mass is 883 g/mol. The molecule has 0 unspecified atom stereocenters. The van der Waals surface area contributed by atoms with Gasteiger partial charge in [-0.15, -0.1) is 0 Å². The molecular formula is C62H37N5S. The van der Waals surface area contributed by atoms with Crippen LogP contribution in [-0.2, 0) is 5.41 Å². The van der Waals surface area contributed by atoms with E-state index in [1.807, 2.05) is 90.7 Å². The Bertz CT molecular complexity index is 3670. The van der Waals surface area contributed by atoms with Gasteiger partial charge in [0.1, 0.15) is 0 Å². The molecule has 1 spiro atoms. The number of rotatable bonds is 7. The van der Waals surface area contributed by atoms with Gasteiger partial charge in [-0.05, 0) is 80.9 Å². The minimum atomic E-state index is -0.624. The summed E-state index contributed by atoms with van der Waals surface area (Å²) in [7, 11) is 0. The molecule has 10 aromatic rings. The molecule has 0 saturated carbocycles. The molecule has 0 saturated heterocycles. The summed E-state index contributed by atoms with van der Waals surface area (Å²) in [5.74, 6) is 1.32. The second kappa shape index (κ2) is 16.3. The number of pyridine rings is 1. The van der Waals surface area contributed by atoms with Gasteiger partial charge in [-0.3, -0.25) is 4.98 Å². The number of hydrogen-bond acceptors (Lipinski definition) is 6. The fourth-order valence-corrected chi connectivity index (χ4v) is 11.5. The third kappa shape index (κ3) is 6.47. The molecule has 3 aromatic heterocycles. The Hall–Kier alpha value is -8.76. The van der Waals surface area contributed by atoms with Crippen molar-refractivity contribution in [3.63, 3.8) is 0 Å². The Labute approximate surface area is 398 Å². The van der Waals surface area contributed by atoms with Crippen molar-refractivity contribution in [3.8, 4) is 78.9 Å². The summed E-state index contributed by atoms with van der Waals surface area (Å²) in [4.78, 5) is 27.9. The Balaban J connectivity index is 1.01. The van der Waals surface area contributed by atoms with E-state index < -0.39 is 5.41 Å². The fraction of sp³-hybridized carbons (Fsp3) is 0.0161. The van der Waals surface area contributed by atoms with Gasteiger partial charge in [-0.2, -0.15) is 0 Å². The third-order valence-corrected chi connectivity index (χ3v) is 14.4. The molecule has 4 heterocycles. The highest BCUT2D eigenvalue weighted by Gasteiger charge is 2.51. The van der Waals surface area contributed by atoms with Gasteiger partial charge in [0, 0.05) is 38.2 Å². The summed E-state index contributed by atoms with van der Waals surface area (Å²) in [6.07, 6.45) is 7.65. The minimum absolute atomic E-state index is 0.624. The molecule has 7 aromatic carbocycles. The van der Waals surface area contributed by atoms with E-state index in [4.69, 9.17) is 24.9 Å². The van der Waals surface area contributed by atoms with Gasteiger partial charge in [-0.25, -0.2) is 19.9 Å². The molecule has 5 nitrogen and oxygen atoms in total. The van der Waals surface area contributed by atoms with E-state index in [9.17, 15) is 0 Å². The third-order valence-electron chi connectivity index (χ3n) is 13.1. The van der Waals surface area contributed by atoms with E-state index in [1.165, 1.54) is 38.3 Å². The molecule has 0 bridgehead atoms. The van der Waals surface area contributed by atoms with Crippen LogP contribution in [0, 0.1) is 0 Å². The zero-order chi connectivity index (χ0) is 45.0. The molecule has 0 fully saturated rings. The number of allylic oxidation sites excluding steroid dienone is 4. The number of aromatic nitrogens is 5. The molecule has 6 heteroatoms. The predicted molar refractivity (Wildman–Crippen MR) is 274 cm³/mol. The number of benzene rings is 7. The minimum Gasteiger partial charge on any atom is -0.255 e. The average molecular weight is 884 g/mol. The van der Waals surface area contributed by atoms with Crippen LogP contribution in [0.5, 0.6) is 0 Å². The normalized spacial score (nSPS) is 13.4. The smallest absolute Gasteiger partial charge is 0.161 e. The first-order chi connectivity index (χ1) is 33.7. The van der Waals surface area contributed by atoms with Crippen LogP contribution in [0.25, 0.3) is 84.5 Å². The van der Waals surface area contributed by atoms with Crippen LogP contribution in [0.1, 0.15) is 27.9 Å². The first-order valence-corrected chi connectivity index (χ1v) is 23.5. The first-order valence-electron chi connectivity index (χ1n) is 22.7. The van der Waals surface area contributed by atoms with Crippen molar-refractivity contribution in [3.05, 3.63) is 264 Å². The van der Waals surface area contributed by atoms with E-state index in [-0.39, 0.29) is 0 Å². The van der Waals surface area contributed by atoms with Crippen LogP contribution < -0.4 is 0 Å². The molecule has 68 heavy (non-hydrogen) atoms. The van der Waals surface area contributed by atoms with E-state index in [2.05, 4.69) is 151 Å². The Morgan fingerprint density at radius 2 is 0.912 bits per heavy atom. The maximum absolute atomic E-state index is 5.32. The molecule has 1 aliphatic heterocycles. The Morgan fingerprint density at radius 1 is 0.382 bits per heavy atom. The maximum atomic E-state index is 5.32. The fourth-order valence-electron chi connectivity index (χ4n) is 10.1. The van der Waals surface area contributed by atoms with Crippen LogP contribution in [0.2, 0.25) is 0 Å². The Kier molecular flexibility index (Phi) is 9.48. The molecule has 0 atom stereocenters. The van der Waals surface area contributed by atoms with Crippen LogP contribution in [0.15, 0.2) is 246 Å². The van der Waals surface area contributed by atoms with Crippen molar-refractivity contribution in [2.24, 2.45) is 0 Å². The standard InChI is InChI=1S/C62H37N5S/c1-4-18-41(19-5-1)54-38-55(65-60(64-54)44-22-8-3-9-23-44)43-35-33-40(34-36-43)45-26-16-30-51-58(45)68-59-48(61-66-56(42-20-6-2-7-21-42)39-57(67-61)53-32-14-15-37-63-53)27-17-31-52(59)62(51)49-28-12-10-24-46(49)47-25-11-13-29-50(47)62/h1-6,8-20,22-39H. The average Bonchev–Trinajstić information content (AvgIpc) is 3.72. The summed E-state index contributed by atoms with van der Waals surface area (Å²) < 4.78 is 0. The molecule has 0 radical (unpaired) electrons. The number of fused-ring (bicyclic) bond motifs is 9. The summed E-state index contributed by atoms with van der Waals surface area (Å²) in [6, 6.07) is 70.7. The van der Waals surface area contributed by atoms with Gasteiger partial charge in [-0.1, -0.05) is 205 Å². The quantitative estimate of drug-likeness (QED) is 0.149. The molecule has 0 amide bonds. The van der Waals surface area contributed by atoms with Gasteiger partial charge < -0.3 is 0 Å². The predicted octanol–water partition coefficient (Wildman–Crippen LogP) is 14.8. The molecule has 316 valence electrons. The van der Waals surface area contributed by atoms with Crippen LogP contribution in [-0.4, -0.2) is 24.9 Å². The Morgan fingerprint density at radius 3 is 1.57 bits per heavy atom. The number of nitrogens with zero attached hydrogens (tertiary/aromatic N) is 5. The maximum Gasteiger partial charge on any atom is 0.161 e. The van der Waals surface area contributed by atoms with E-state index in [0.717, 1.165) is 72.3 Å². The van der Waals surface area contributed by atoms with Crippen molar-refractivity contribution in [1.82, 2.24) is 24.9 Å². The van der Waals surface area contributed by atoms with Crippen molar-refractivity contribution < 1.29 is 0 Å². The summed E-state index contributed by atoms with van der Waals surface area (Å²) in [5, 5.41) is 0. The molecular weight excluding hydrogens is 847 g/mol. The lowest BCUT2D eigenvalue weighted by atomic mass is 9.66. The lowest BCUT2D eigenvalue weighted by Crippen LogP contribution is -2.32. The van der Waals surface area contributed by atoms with Crippen molar-refractivity contribution in [1.29, 1.82) is 0 Å². The highest BCUT2D eigenvalue weighted by molar-refractivity contribution is 7.99. The number of hydrogen-bond donors (Lipinski definition) is 0. The zero-order valence-corrected chi connectivity index (χ0v) is 37.3. The summed E-state index contributed by atoms with van der Waals surface area (Å²) in [5.41, 5.74) is 24.4. The largest absolute Gasteiger partial charge is 0.255 e. The first kappa shape index (κ1) is 39.6. The van der Waals surface area contributed by atoms with Crippen molar-refractivity contribution in [2.75, 3.05) is 0 Å². The van der Waals surface area contributed by atoms with Gasteiger partial charge in [0.05, 0.1) is 39.5 Å². The molecule has 0 N–H and O–H groups in total. The molecule has 13 rings (SSSR count). The summed E-state index contributed by atoms with van der Waals surface area (Å²) >= 11 is 1.81. The summed E-state index contributed by atoms with van der Waals surface area (Å²) in [6.45, 7) is 0. The molecule has 3 aliphatic rings. The van der Waals surface area contributed by atoms with Gasteiger partial charge in [0.25, 0.3) is 0 Å². The van der Waals surface area contributed by atoms with Gasteiger partial charge in [0.2, 0.25) is 0 Å². The van der Waals surface area contributed by atoms with Crippen LogP contribution in [0.3, 0.4) is 0 Å². The highest BCUT2D eigenvalue weighted by Crippen LogP contribution is 2.64. The highest BCUT2D eigenvalue weighted by atomic mass is 32.2. The van der Waals surface area contributed by atoms with Crippen molar-refractivity contribution >= 4 is 17.3 Å². The lowest BCUT2D eigenvalue weighted by Gasteiger charge is -2.41. The van der Waals surface area contributed by atoms with Crippen molar-refractivity contribution in [2.45, 2.75) is 15.2 Å². The lowest BCUT2D eigenvalue weighted by molar-refractivity contribution is 0.723. The van der Waals surface area contributed by atoms with E-state index in [0.29, 0.717) is 11.6 Å². The van der Waals surface area contributed by atoms with Crippen LogP contribution in [0.4, 0.5) is 0 Å². The second-order valence-electron chi connectivity index (χ2n) is 17.0. The second-order valence-corrected chi connectivity index (χ2v) is 18.0. The topological polar surface area (TPSA) is 64.5 Å². The van der Waals surface area contributed by atoms with Gasteiger partial charge >= 0.3 is 0 Å². The van der Waals surface area contributed by atoms with Gasteiger partial charge in [0.15, 0.2) is 11.6 Å². The van der Waals surface area contributed by atoms with Crippen LogP contribution >= 0.6 is 11.8 Å². The SMILES string of the molecule is C1=C=C(c2cc(-c3ccccn3)nc(-c3cccc4c3Sc3c(-c5ccc(-c6cc(-c7ccccc7)nc(-c7ccccc7)n6)cc5)cccc3C43c4ccccc4-c4ccccc43)n2)C=CC=1. The molecule has 2 aliphatic carbocycles. The van der Waals surface area contributed by atoms with E-state index in [1.54, 1.807) is 6.20 Å².